The minimum absolute atomic E-state index is 0.0574. The van der Waals surface area contributed by atoms with Crippen molar-refractivity contribution in [3.05, 3.63) is 40.7 Å². The number of carbonyl (C=O) groups excluding carboxylic acids is 3. The monoisotopic (exact) mass is 428 g/mol. The Morgan fingerprint density at radius 2 is 1.58 bits per heavy atom. The lowest BCUT2D eigenvalue weighted by Gasteiger charge is -2.39. The van der Waals surface area contributed by atoms with Gasteiger partial charge in [-0.3, -0.25) is 14.4 Å². The molecule has 3 rings (SSSR count). The van der Waals surface area contributed by atoms with Gasteiger partial charge in [-0.15, -0.1) is 0 Å². The molecule has 1 atom stereocenters. The van der Waals surface area contributed by atoms with E-state index in [1.54, 1.807) is 18.2 Å². The highest BCUT2D eigenvalue weighted by atomic mass is 16.5. The molecule has 0 spiro atoms. The highest BCUT2D eigenvalue weighted by Gasteiger charge is 2.48. The lowest BCUT2D eigenvalue weighted by Crippen LogP contribution is -2.43. The number of allylic oxidation sites excluding steroid dienone is 2. The zero-order chi connectivity index (χ0) is 23.1. The highest BCUT2D eigenvalue weighted by Crippen LogP contribution is 2.47. The first-order valence-electron chi connectivity index (χ1n) is 10.7. The van der Waals surface area contributed by atoms with Crippen LogP contribution in [0.2, 0.25) is 0 Å². The van der Waals surface area contributed by atoms with Crippen LogP contribution in [0.4, 0.5) is 0 Å². The van der Waals surface area contributed by atoms with E-state index >= 15 is 0 Å². The SMILES string of the molecule is COc1ccc([C@H](C2=C(O)CC(C)(C)CC2=O)C2C(=O)CC(C)(C)CC2=O)cc1CO. The molecular weight excluding hydrogens is 396 g/mol. The molecule has 31 heavy (non-hydrogen) atoms. The second kappa shape index (κ2) is 8.23. The molecule has 1 saturated carbocycles. The second-order valence-electron chi connectivity index (χ2n) is 10.4. The van der Waals surface area contributed by atoms with Crippen molar-refractivity contribution in [1.29, 1.82) is 0 Å². The van der Waals surface area contributed by atoms with Crippen molar-refractivity contribution in [2.24, 2.45) is 16.7 Å². The number of hydrogen-bond donors (Lipinski definition) is 2. The molecular formula is C25H32O6. The number of ether oxygens (including phenoxy) is 1. The molecule has 1 fully saturated rings. The molecule has 0 saturated heterocycles. The zero-order valence-electron chi connectivity index (χ0n) is 18.9. The van der Waals surface area contributed by atoms with Crippen molar-refractivity contribution in [2.75, 3.05) is 7.11 Å². The predicted molar refractivity (Wildman–Crippen MR) is 116 cm³/mol. The first-order chi connectivity index (χ1) is 14.4. The number of benzene rings is 1. The van der Waals surface area contributed by atoms with E-state index in [2.05, 4.69) is 0 Å². The summed E-state index contributed by atoms with van der Waals surface area (Å²) >= 11 is 0. The Morgan fingerprint density at radius 1 is 1.00 bits per heavy atom. The van der Waals surface area contributed by atoms with Crippen LogP contribution in [0.5, 0.6) is 5.75 Å². The number of aliphatic hydroxyl groups is 2. The normalized spacial score (nSPS) is 22.6. The van der Waals surface area contributed by atoms with E-state index in [0.29, 0.717) is 23.3 Å². The van der Waals surface area contributed by atoms with E-state index < -0.39 is 22.7 Å². The fourth-order valence-electron chi connectivity index (χ4n) is 5.07. The Hall–Kier alpha value is -2.47. The molecule has 0 bridgehead atoms. The Bertz CT molecular complexity index is 933. The third-order valence-corrected chi connectivity index (χ3v) is 6.37. The number of carbonyl (C=O) groups is 3. The summed E-state index contributed by atoms with van der Waals surface area (Å²) < 4.78 is 5.28. The van der Waals surface area contributed by atoms with Gasteiger partial charge in [0.2, 0.25) is 0 Å². The Balaban J connectivity index is 2.20. The summed E-state index contributed by atoms with van der Waals surface area (Å²) in [5.41, 5.74) is 0.365. The molecule has 6 nitrogen and oxygen atoms in total. The van der Waals surface area contributed by atoms with Crippen molar-refractivity contribution in [1.82, 2.24) is 0 Å². The summed E-state index contributed by atoms with van der Waals surface area (Å²) in [7, 11) is 1.49. The summed E-state index contributed by atoms with van der Waals surface area (Å²) in [6.45, 7) is 7.29. The molecule has 0 amide bonds. The zero-order valence-corrected chi connectivity index (χ0v) is 18.9. The van der Waals surface area contributed by atoms with Gasteiger partial charge in [0.1, 0.15) is 23.1 Å². The van der Waals surface area contributed by atoms with E-state index in [4.69, 9.17) is 4.74 Å². The van der Waals surface area contributed by atoms with Gasteiger partial charge in [-0.1, -0.05) is 33.8 Å². The maximum atomic E-state index is 13.2. The van der Waals surface area contributed by atoms with Gasteiger partial charge < -0.3 is 14.9 Å². The maximum Gasteiger partial charge on any atom is 0.163 e. The molecule has 1 aromatic rings. The van der Waals surface area contributed by atoms with E-state index in [-0.39, 0.29) is 54.6 Å². The average molecular weight is 429 g/mol. The summed E-state index contributed by atoms with van der Waals surface area (Å²) in [5, 5.41) is 20.7. The Labute approximate surface area is 183 Å². The summed E-state index contributed by atoms with van der Waals surface area (Å²) in [6, 6.07) is 5.03. The molecule has 0 radical (unpaired) electrons. The number of rotatable bonds is 5. The molecule has 2 N–H and O–H groups in total. The topological polar surface area (TPSA) is 101 Å². The molecule has 6 heteroatoms. The fourth-order valence-corrected chi connectivity index (χ4v) is 5.07. The second-order valence-corrected chi connectivity index (χ2v) is 10.4. The predicted octanol–water partition coefficient (Wildman–Crippen LogP) is 4.05. The Kier molecular flexibility index (Phi) is 6.16. The largest absolute Gasteiger partial charge is 0.512 e. The van der Waals surface area contributed by atoms with Crippen molar-refractivity contribution in [3.63, 3.8) is 0 Å². The summed E-state index contributed by atoms with van der Waals surface area (Å²) in [5.74, 6) is -2.17. The minimum atomic E-state index is -1.03. The first-order valence-corrected chi connectivity index (χ1v) is 10.7. The third kappa shape index (κ3) is 4.59. The molecule has 168 valence electrons. The minimum Gasteiger partial charge on any atom is -0.512 e. The standard InChI is InChI=1S/C25H32O6/c1-24(2)9-16(27)22(17(28)10-24)21(14-6-7-20(31-5)15(8-14)13-26)23-18(29)11-25(3,4)12-19(23)30/h6-8,21-22,26,29H,9-13H2,1-5H3/t21-/m0/s1. The van der Waals surface area contributed by atoms with E-state index in [1.165, 1.54) is 7.11 Å². The van der Waals surface area contributed by atoms with Crippen molar-refractivity contribution in [2.45, 2.75) is 65.9 Å². The van der Waals surface area contributed by atoms with Gasteiger partial charge in [-0.05, 0) is 28.5 Å². The number of Topliss-reactive ketones (excluding diaryl/α,β-unsaturated/α-hetero) is 3. The van der Waals surface area contributed by atoms with Crippen LogP contribution in [0.3, 0.4) is 0 Å². The van der Waals surface area contributed by atoms with Crippen LogP contribution in [0.1, 0.15) is 70.4 Å². The molecule has 0 aromatic heterocycles. The molecule has 0 unspecified atom stereocenters. The van der Waals surface area contributed by atoms with Gasteiger partial charge in [0, 0.05) is 42.7 Å². The van der Waals surface area contributed by atoms with Crippen LogP contribution >= 0.6 is 0 Å². The lowest BCUT2D eigenvalue weighted by molar-refractivity contribution is -0.140. The quantitative estimate of drug-likeness (QED) is 0.686. The van der Waals surface area contributed by atoms with Crippen LogP contribution in [-0.4, -0.2) is 34.7 Å². The van der Waals surface area contributed by atoms with Crippen LogP contribution in [0.25, 0.3) is 0 Å². The average Bonchev–Trinajstić information content (AvgIpc) is 2.63. The van der Waals surface area contributed by atoms with Crippen LogP contribution in [0.15, 0.2) is 29.5 Å². The smallest absolute Gasteiger partial charge is 0.163 e. The lowest BCUT2D eigenvalue weighted by atomic mass is 9.62. The van der Waals surface area contributed by atoms with Crippen molar-refractivity contribution >= 4 is 17.3 Å². The Morgan fingerprint density at radius 3 is 2.10 bits per heavy atom. The molecule has 0 heterocycles. The molecule has 2 aliphatic carbocycles. The van der Waals surface area contributed by atoms with Gasteiger partial charge in [0.05, 0.1) is 19.6 Å². The number of hydrogen-bond acceptors (Lipinski definition) is 6. The highest BCUT2D eigenvalue weighted by molar-refractivity contribution is 6.09. The van der Waals surface area contributed by atoms with Crippen LogP contribution < -0.4 is 4.74 Å². The number of methoxy groups -OCH3 is 1. The van der Waals surface area contributed by atoms with Gasteiger partial charge in [-0.25, -0.2) is 0 Å². The van der Waals surface area contributed by atoms with Crippen molar-refractivity contribution in [3.8, 4) is 5.75 Å². The van der Waals surface area contributed by atoms with Gasteiger partial charge in [0.25, 0.3) is 0 Å². The van der Waals surface area contributed by atoms with Crippen LogP contribution in [0, 0.1) is 16.7 Å². The van der Waals surface area contributed by atoms with E-state index in [1.807, 2.05) is 27.7 Å². The number of aliphatic hydroxyl groups excluding tert-OH is 2. The fraction of sp³-hybridized carbons (Fsp3) is 0.560. The third-order valence-electron chi connectivity index (χ3n) is 6.37. The van der Waals surface area contributed by atoms with Gasteiger partial charge >= 0.3 is 0 Å². The summed E-state index contributed by atoms with van der Waals surface area (Å²) in [6.07, 6.45) is 0.994. The first kappa shape index (κ1) is 23.2. The van der Waals surface area contributed by atoms with Crippen molar-refractivity contribution < 1.29 is 29.3 Å². The van der Waals surface area contributed by atoms with Gasteiger partial charge in [0.15, 0.2) is 5.78 Å². The summed E-state index contributed by atoms with van der Waals surface area (Å²) in [4.78, 5) is 39.6. The number of ketones is 3. The molecule has 1 aromatic carbocycles. The van der Waals surface area contributed by atoms with E-state index in [9.17, 15) is 24.6 Å². The van der Waals surface area contributed by atoms with Gasteiger partial charge in [-0.2, -0.15) is 0 Å². The molecule has 2 aliphatic rings. The van der Waals surface area contributed by atoms with E-state index in [0.717, 1.165) is 0 Å². The molecule has 0 aliphatic heterocycles. The maximum absolute atomic E-state index is 13.2. The van der Waals surface area contributed by atoms with Crippen LogP contribution in [-0.2, 0) is 21.0 Å².